The highest BCUT2D eigenvalue weighted by Gasteiger charge is 2.39. The van der Waals surface area contributed by atoms with Crippen LogP contribution in [0.4, 0.5) is 0 Å². The molecule has 0 bridgehead atoms. The van der Waals surface area contributed by atoms with Crippen LogP contribution in [0, 0.1) is 0 Å². The topological polar surface area (TPSA) is 104 Å². The lowest BCUT2D eigenvalue weighted by molar-refractivity contribution is -0.143. The highest BCUT2D eigenvalue weighted by atomic mass is 32.2. The molecule has 0 aromatic heterocycles. The number of carbonyl (C=O) groups excluding carboxylic acids is 1. The lowest BCUT2D eigenvalue weighted by Gasteiger charge is -2.34. The number of nitrogens with zero attached hydrogens (tertiary/aromatic N) is 2. The second-order valence-electron chi connectivity index (χ2n) is 4.53. The van der Waals surface area contributed by atoms with Gasteiger partial charge in [-0.2, -0.15) is 17.0 Å². The van der Waals surface area contributed by atoms with E-state index >= 15 is 0 Å². The predicted octanol–water partition coefficient (Wildman–Crippen LogP) is -0.335. The van der Waals surface area contributed by atoms with Crippen molar-refractivity contribution in [2.45, 2.75) is 32.2 Å². The molecule has 1 heterocycles. The van der Waals surface area contributed by atoms with E-state index in [1.165, 1.54) is 7.05 Å². The van der Waals surface area contributed by atoms with Gasteiger partial charge in [0.25, 0.3) is 10.2 Å². The van der Waals surface area contributed by atoms with Crippen molar-refractivity contribution >= 4 is 22.1 Å². The number of carboxylic acids is 1. The molecule has 0 aliphatic carbocycles. The van der Waals surface area contributed by atoms with Crippen LogP contribution in [0.3, 0.4) is 0 Å². The molecule has 8 nitrogen and oxygen atoms in total. The number of carboxylic acid groups (broad SMARTS) is 1. The molecular weight excluding hydrogens is 288 g/mol. The molecule has 0 radical (unpaired) electrons. The minimum atomic E-state index is -3.98. The number of likely N-dealkylation sites (N-methyl/N-ethyl adjacent to an activating group) is 1. The Bertz CT molecular complexity index is 464. The van der Waals surface area contributed by atoms with Crippen LogP contribution in [0.5, 0.6) is 0 Å². The summed E-state index contributed by atoms with van der Waals surface area (Å²) in [5.41, 5.74) is 0. The number of carbonyl (C=O) groups is 2. The molecule has 0 spiro atoms. The van der Waals surface area contributed by atoms with Gasteiger partial charge in [0.1, 0.15) is 12.6 Å². The zero-order valence-electron chi connectivity index (χ0n) is 11.6. The first-order chi connectivity index (χ1) is 9.30. The van der Waals surface area contributed by atoms with Crippen LogP contribution in [0.15, 0.2) is 0 Å². The number of aliphatic carboxylic acids is 1. The standard InChI is InChI=1S/C11H20N2O6S/c1-3-19-10(14)8-12(2)20(17,18)13-7-5-4-6-9(13)11(15)16/h9H,3-8H2,1-2H3,(H,15,16). The predicted molar refractivity (Wildman–Crippen MR) is 70.2 cm³/mol. The number of hydrogen-bond donors (Lipinski definition) is 1. The minimum absolute atomic E-state index is 0.145. The van der Waals surface area contributed by atoms with E-state index in [4.69, 9.17) is 5.11 Å². The first kappa shape index (κ1) is 16.9. The first-order valence-corrected chi connectivity index (χ1v) is 7.82. The molecule has 0 saturated carbocycles. The molecule has 1 atom stereocenters. The van der Waals surface area contributed by atoms with E-state index in [1.807, 2.05) is 0 Å². The van der Waals surface area contributed by atoms with Crippen LogP contribution in [0.2, 0.25) is 0 Å². The third kappa shape index (κ3) is 3.90. The van der Waals surface area contributed by atoms with Gasteiger partial charge in [-0.05, 0) is 26.2 Å². The zero-order chi connectivity index (χ0) is 15.3. The highest BCUT2D eigenvalue weighted by molar-refractivity contribution is 7.86. The van der Waals surface area contributed by atoms with Gasteiger partial charge in [0.05, 0.1) is 6.61 Å². The number of rotatable bonds is 6. The summed E-state index contributed by atoms with van der Waals surface area (Å²) in [5.74, 6) is -1.83. The third-order valence-electron chi connectivity index (χ3n) is 3.09. The first-order valence-electron chi connectivity index (χ1n) is 6.42. The Balaban J connectivity index is 2.84. The molecule has 1 unspecified atom stereocenters. The molecular formula is C11H20N2O6S. The minimum Gasteiger partial charge on any atom is -0.480 e. The van der Waals surface area contributed by atoms with Crippen LogP contribution in [0.25, 0.3) is 0 Å². The highest BCUT2D eigenvalue weighted by Crippen LogP contribution is 2.22. The van der Waals surface area contributed by atoms with E-state index in [0.29, 0.717) is 12.8 Å². The lowest BCUT2D eigenvalue weighted by atomic mass is 10.1. The Morgan fingerprint density at radius 1 is 1.40 bits per heavy atom. The third-order valence-corrected chi connectivity index (χ3v) is 5.03. The fraction of sp³-hybridized carbons (Fsp3) is 0.818. The normalized spacial score (nSPS) is 20.9. The molecule has 9 heteroatoms. The maximum atomic E-state index is 12.3. The van der Waals surface area contributed by atoms with Crippen molar-refractivity contribution < 1.29 is 27.9 Å². The van der Waals surface area contributed by atoms with Crippen molar-refractivity contribution in [2.75, 3.05) is 26.7 Å². The molecule has 1 aliphatic heterocycles. The summed E-state index contributed by atoms with van der Waals surface area (Å²) < 4.78 is 31.1. The van der Waals surface area contributed by atoms with Crippen LogP contribution in [-0.4, -0.2) is 66.9 Å². The summed E-state index contributed by atoms with van der Waals surface area (Å²) in [6.07, 6.45) is 1.56. The Hall–Kier alpha value is -1.19. The number of hydrogen-bond acceptors (Lipinski definition) is 5. The summed E-state index contributed by atoms with van der Waals surface area (Å²) in [6, 6.07) is -1.07. The van der Waals surface area contributed by atoms with Crippen LogP contribution in [0.1, 0.15) is 26.2 Å². The van der Waals surface area contributed by atoms with Gasteiger partial charge in [-0.1, -0.05) is 0 Å². The number of piperidine rings is 1. The van der Waals surface area contributed by atoms with Gasteiger partial charge in [0, 0.05) is 13.6 Å². The molecule has 20 heavy (non-hydrogen) atoms. The molecule has 1 saturated heterocycles. The quantitative estimate of drug-likeness (QED) is 0.673. The van der Waals surface area contributed by atoms with Crippen molar-refractivity contribution in [3.8, 4) is 0 Å². The number of ether oxygens (including phenoxy) is 1. The molecule has 0 amide bonds. The van der Waals surface area contributed by atoms with E-state index in [2.05, 4.69) is 4.74 Å². The van der Waals surface area contributed by atoms with E-state index in [0.717, 1.165) is 8.61 Å². The van der Waals surface area contributed by atoms with Crippen molar-refractivity contribution in [3.05, 3.63) is 0 Å². The van der Waals surface area contributed by atoms with Gasteiger partial charge in [0.2, 0.25) is 0 Å². The van der Waals surface area contributed by atoms with E-state index in [9.17, 15) is 18.0 Å². The largest absolute Gasteiger partial charge is 0.480 e. The monoisotopic (exact) mass is 308 g/mol. The van der Waals surface area contributed by atoms with Gasteiger partial charge < -0.3 is 9.84 Å². The molecule has 1 N–H and O–H groups in total. The molecule has 116 valence electrons. The van der Waals surface area contributed by atoms with E-state index < -0.39 is 34.7 Å². The summed E-state index contributed by atoms with van der Waals surface area (Å²) in [6.45, 7) is 1.50. The second kappa shape index (κ2) is 7.00. The molecule has 0 aromatic rings. The smallest absolute Gasteiger partial charge is 0.322 e. The van der Waals surface area contributed by atoms with Crippen molar-refractivity contribution in [1.29, 1.82) is 0 Å². The Labute approximate surface area is 118 Å². The van der Waals surface area contributed by atoms with Crippen LogP contribution in [-0.2, 0) is 24.5 Å². The number of esters is 1. The fourth-order valence-corrected chi connectivity index (χ4v) is 3.58. The zero-order valence-corrected chi connectivity index (χ0v) is 12.4. The maximum Gasteiger partial charge on any atom is 0.322 e. The fourth-order valence-electron chi connectivity index (χ4n) is 2.08. The van der Waals surface area contributed by atoms with E-state index in [-0.39, 0.29) is 19.6 Å². The molecule has 0 aromatic carbocycles. The molecule has 1 aliphatic rings. The summed E-state index contributed by atoms with van der Waals surface area (Å²) >= 11 is 0. The maximum absolute atomic E-state index is 12.3. The van der Waals surface area contributed by atoms with Gasteiger partial charge in [0.15, 0.2) is 0 Å². The van der Waals surface area contributed by atoms with Gasteiger partial charge in [-0.15, -0.1) is 0 Å². The summed E-state index contributed by atoms with van der Waals surface area (Å²) in [4.78, 5) is 22.5. The van der Waals surface area contributed by atoms with Gasteiger partial charge in [-0.3, -0.25) is 9.59 Å². The van der Waals surface area contributed by atoms with E-state index in [1.54, 1.807) is 6.92 Å². The second-order valence-corrected chi connectivity index (χ2v) is 6.52. The van der Waals surface area contributed by atoms with Crippen LogP contribution < -0.4 is 0 Å². The SMILES string of the molecule is CCOC(=O)CN(C)S(=O)(=O)N1CCCCC1C(=O)O. The van der Waals surface area contributed by atoms with Gasteiger partial charge in [-0.25, -0.2) is 0 Å². The average Bonchev–Trinajstić information content (AvgIpc) is 2.38. The molecule has 1 fully saturated rings. The van der Waals surface area contributed by atoms with Crippen molar-refractivity contribution in [1.82, 2.24) is 8.61 Å². The Morgan fingerprint density at radius 2 is 2.05 bits per heavy atom. The average molecular weight is 308 g/mol. The summed E-state index contributed by atoms with van der Waals surface area (Å²) in [7, 11) is -2.75. The Kier molecular flexibility index (Phi) is 5.90. The van der Waals surface area contributed by atoms with Crippen LogP contribution >= 0.6 is 0 Å². The Morgan fingerprint density at radius 3 is 2.60 bits per heavy atom. The molecule has 1 rings (SSSR count). The van der Waals surface area contributed by atoms with Crippen molar-refractivity contribution in [2.24, 2.45) is 0 Å². The van der Waals surface area contributed by atoms with Gasteiger partial charge >= 0.3 is 11.9 Å². The lowest BCUT2D eigenvalue weighted by Crippen LogP contribution is -2.53. The van der Waals surface area contributed by atoms with Crippen molar-refractivity contribution in [3.63, 3.8) is 0 Å². The summed E-state index contributed by atoms with van der Waals surface area (Å²) in [5, 5.41) is 9.10.